The number of phenols is 1. The van der Waals surface area contributed by atoms with E-state index in [2.05, 4.69) is 4.98 Å². The van der Waals surface area contributed by atoms with Gasteiger partial charge >= 0.3 is 0 Å². The molecular formula is C17H14N2O2. The molecule has 4 nitrogen and oxygen atoms in total. The van der Waals surface area contributed by atoms with Gasteiger partial charge in [0.05, 0.1) is 6.33 Å². The molecule has 0 spiro atoms. The first-order valence-electron chi connectivity index (χ1n) is 6.61. The predicted molar refractivity (Wildman–Crippen MR) is 79.3 cm³/mol. The zero-order valence-electron chi connectivity index (χ0n) is 11.3. The summed E-state index contributed by atoms with van der Waals surface area (Å²) in [7, 11) is 0. The maximum absolute atomic E-state index is 12.3. The van der Waals surface area contributed by atoms with Crippen molar-refractivity contribution in [2.75, 3.05) is 0 Å². The van der Waals surface area contributed by atoms with Crippen LogP contribution in [0.2, 0.25) is 0 Å². The Hall–Kier alpha value is -2.88. The molecule has 1 aromatic heterocycles. The van der Waals surface area contributed by atoms with Crippen molar-refractivity contribution in [2.45, 2.75) is 6.54 Å². The minimum atomic E-state index is -0.0517. The molecule has 0 saturated heterocycles. The maximum Gasteiger partial charge on any atom is 0.193 e. The zero-order chi connectivity index (χ0) is 14.7. The van der Waals surface area contributed by atoms with Gasteiger partial charge in [-0.1, -0.05) is 24.3 Å². The molecule has 4 heteroatoms. The summed E-state index contributed by atoms with van der Waals surface area (Å²) >= 11 is 0. The van der Waals surface area contributed by atoms with Crippen LogP contribution in [0, 0.1) is 0 Å². The topological polar surface area (TPSA) is 55.1 Å². The van der Waals surface area contributed by atoms with Crippen LogP contribution >= 0.6 is 0 Å². The zero-order valence-corrected chi connectivity index (χ0v) is 11.3. The van der Waals surface area contributed by atoms with Gasteiger partial charge in [-0.15, -0.1) is 0 Å². The number of imidazole rings is 1. The van der Waals surface area contributed by atoms with Crippen molar-refractivity contribution < 1.29 is 9.90 Å². The minimum absolute atomic E-state index is 0.0517. The van der Waals surface area contributed by atoms with Crippen molar-refractivity contribution in [3.63, 3.8) is 0 Å². The van der Waals surface area contributed by atoms with Crippen LogP contribution in [0.5, 0.6) is 5.75 Å². The van der Waals surface area contributed by atoms with E-state index in [1.807, 2.05) is 35.0 Å². The number of aromatic nitrogens is 2. The molecule has 0 bridgehead atoms. The van der Waals surface area contributed by atoms with Crippen LogP contribution in [0.4, 0.5) is 0 Å². The van der Waals surface area contributed by atoms with Crippen LogP contribution < -0.4 is 0 Å². The van der Waals surface area contributed by atoms with Crippen LogP contribution in [0.3, 0.4) is 0 Å². The van der Waals surface area contributed by atoms with E-state index in [9.17, 15) is 9.90 Å². The van der Waals surface area contributed by atoms with Gasteiger partial charge in [0.1, 0.15) is 5.75 Å². The maximum atomic E-state index is 12.3. The standard InChI is InChI=1S/C17H14N2O2/c20-16-7-5-15(6-8-16)17(21)14-3-1-13(2-4-14)11-19-10-9-18-12-19/h1-10,12,20H,11H2. The summed E-state index contributed by atoms with van der Waals surface area (Å²) < 4.78 is 1.97. The lowest BCUT2D eigenvalue weighted by atomic mass is 10.0. The van der Waals surface area contributed by atoms with Gasteiger partial charge in [-0.2, -0.15) is 0 Å². The Balaban J connectivity index is 1.77. The van der Waals surface area contributed by atoms with Crippen molar-refractivity contribution >= 4 is 5.78 Å². The quantitative estimate of drug-likeness (QED) is 0.747. The van der Waals surface area contributed by atoms with E-state index >= 15 is 0 Å². The Morgan fingerprint density at radius 2 is 1.62 bits per heavy atom. The fourth-order valence-electron chi connectivity index (χ4n) is 2.13. The number of aromatic hydroxyl groups is 1. The van der Waals surface area contributed by atoms with E-state index in [1.165, 1.54) is 12.1 Å². The summed E-state index contributed by atoms with van der Waals surface area (Å²) in [6.45, 7) is 0.730. The molecule has 2 aromatic carbocycles. The molecule has 3 aromatic rings. The average Bonchev–Trinajstić information content (AvgIpc) is 3.01. The Kier molecular flexibility index (Phi) is 3.51. The molecule has 0 fully saturated rings. The van der Waals surface area contributed by atoms with Gasteiger partial charge in [0.2, 0.25) is 0 Å². The lowest BCUT2D eigenvalue weighted by Gasteiger charge is -2.05. The smallest absolute Gasteiger partial charge is 0.193 e. The highest BCUT2D eigenvalue weighted by Crippen LogP contribution is 2.15. The summed E-state index contributed by atoms with van der Waals surface area (Å²) in [6.07, 6.45) is 5.40. The molecule has 0 unspecified atom stereocenters. The molecule has 0 amide bonds. The van der Waals surface area contributed by atoms with Gasteiger partial charge in [0.15, 0.2) is 5.78 Å². The summed E-state index contributed by atoms with van der Waals surface area (Å²) in [4.78, 5) is 16.3. The number of nitrogens with zero attached hydrogens (tertiary/aromatic N) is 2. The Bertz CT molecular complexity index is 729. The summed E-state index contributed by atoms with van der Waals surface area (Å²) in [5, 5.41) is 9.25. The molecule has 3 rings (SSSR count). The van der Waals surface area contributed by atoms with Crippen molar-refractivity contribution in [3.05, 3.63) is 83.9 Å². The molecule has 104 valence electrons. The first-order valence-corrected chi connectivity index (χ1v) is 6.61. The van der Waals surface area contributed by atoms with E-state index in [0.717, 1.165) is 12.1 Å². The molecule has 1 N–H and O–H groups in total. The van der Waals surface area contributed by atoms with E-state index in [0.29, 0.717) is 11.1 Å². The third-order valence-corrected chi connectivity index (χ3v) is 3.27. The predicted octanol–water partition coefficient (Wildman–Crippen LogP) is 2.87. The highest BCUT2D eigenvalue weighted by atomic mass is 16.3. The molecule has 0 aliphatic rings. The second kappa shape index (κ2) is 5.63. The highest BCUT2D eigenvalue weighted by Gasteiger charge is 2.08. The number of rotatable bonds is 4. The number of benzene rings is 2. The molecule has 0 aliphatic carbocycles. The molecular weight excluding hydrogens is 264 g/mol. The van der Waals surface area contributed by atoms with E-state index in [4.69, 9.17) is 0 Å². The fourth-order valence-corrected chi connectivity index (χ4v) is 2.13. The summed E-state index contributed by atoms with van der Waals surface area (Å²) in [5.74, 6) is 0.103. The molecule has 21 heavy (non-hydrogen) atoms. The molecule has 1 heterocycles. The largest absolute Gasteiger partial charge is 0.508 e. The first kappa shape index (κ1) is 13.1. The van der Waals surface area contributed by atoms with Gasteiger partial charge in [0, 0.05) is 30.1 Å². The van der Waals surface area contributed by atoms with E-state index in [-0.39, 0.29) is 11.5 Å². The lowest BCUT2D eigenvalue weighted by molar-refractivity contribution is 0.103. The Morgan fingerprint density at radius 1 is 1.00 bits per heavy atom. The first-order chi connectivity index (χ1) is 10.2. The van der Waals surface area contributed by atoms with Crippen molar-refractivity contribution in [1.29, 1.82) is 0 Å². The van der Waals surface area contributed by atoms with Crippen LogP contribution in [0.15, 0.2) is 67.3 Å². The highest BCUT2D eigenvalue weighted by molar-refractivity contribution is 6.09. The number of carbonyl (C=O) groups is 1. The second-order valence-corrected chi connectivity index (χ2v) is 4.81. The van der Waals surface area contributed by atoms with Crippen LogP contribution in [-0.2, 0) is 6.54 Å². The van der Waals surface area contributed by atoms with Gasteiger partial charge in [-0.25, -0.2) is 4.98 Å². The molecule has 0 radical (unpaired) electrons. The van der Waals surface area contributed by atoms with Gasteiger partial charge in [-0.05, 0) is 29.8 Å². The number of ketones is 1. The third kappa shape index (κ3) is 3.00. The second-order valence-electron chi connectivity index (χ2n) is 4.81. The van der Waals surface area contributed by atoms with Crippen LogP contribution in [0.1, 0.15) is 21.5 Å². The summed E-state index contributed by atoms with van der Waals surface area (Å²) in [5.41, 5.74) is 2.31. The number of hydrogen-bond acceptors (Lipinski definition) is 3. The van der Waals surface area contributed by atoms with E-state index in [1.54, 1.807) is 24.7 Å². The SMILES string of the molecule is O=C(c1ccc(O)cc1)c1ccc(Cn2ccnc2)cc1. The van der Waals surface area contributed by atoms with Gasteiger partial charge < -0.3 is 9.67 Å². The normalized spacial score (nSPS) is 10.5. The van der Waals surface area contributed by atoms with Crippen molar-refractivity contribution in [3.8, 4) is 5.75 Å². The van der Waals surface area contributed by atoms with Crippen LogP contribution in [-0.4, -0.2) is 20.4 Å². The van der Waals surface area contributed by atoms with Gasteiger partial charge in [-0.3, -0.25) is 4.79 Å². The molecule has 0 atom stereocenters. The van der Waals surface area contributed by atoms with E-state index < -0.39 is 0 Å². The molecule has 0 saturated carbocycles. The van der Waals surface area contributed by atoms with Crippen molar-refractivity contribution in [1.82, 2.24) is 9.55 Å². The number of hydrogen-bond donors (Lipinski definition) is 1. The number of phenolic OH excluding ortho intramolecular Hbond substituents is 1. The Morgan fingerprint density at radius 3 is 2.19 bits per heavy atom. The Labute approximate surface area is 122 Å². The van der Waals surface area contributed by atoms with Crippen LogP contribution in [0.25, 0.3) is 0 Å². The van der Waals surface area contributed by atoms with Gasteiger partial charge in [0.25, 0.3) is 0 Å². The third-order valence-electron chi connectivity index (χ3n) is 3.27. The summed E-state index contributed by atoms with van der Waals surface area (Å²) in [6, 6.07) is 13.8. The lowest BCUT2D eigenvalue weighted by Crippen LogP contribution is -2.02. The fraction of sp³-hybridized carbons (Fsp3) is 0.0588. The average molecular weight is 278 g/mol. The van der Waals surface area contributed by atoms with Crippen molar-refractivity contribution in [2.24, 2.45) is 0 Å². The molecule has 0 aliphatic heterocycles. The number of carbonyl (C=O) groups excluding carboxylic acids is 1. The monoisotopic (exact) mass is 278 g/mol. The minimum Gasteiger partial charge on any atom is -0.508 e.